The van der Waals surface area contributed by atoms with E-state index in [-0.39, 0.29) is 0 Å². The van der Waals surface area contributed by atoms with Crippen LogP contribution in [0.5, 0.6) is 0 Å². The minimum absolute atomic E-state index is 0.537. The highest BCUT2D eigenvalue weighted by Crippen LogP contribution is 2.30. The van der Waals surface area contributed by atoms with E-state index in [1.54, 1.807) is 0 Å². The second kappa shape index (κ2) is 5.31. The van der Waals surface area contributed by atoms with Gasteiger partial charge in [0, 0.05) is 18.6 Å². The molecule has 0 aliphatic carbocycles. The Labute approximate surface area is 95.4 Å². The van der Waals surface area contributed by atoms with Gasteiger partial charge in [-0.15, -0.1) is 0 Å². The van der Waals surface area contributed by atoms with Crippen LogP contribution in [0.1, 0.15) is 47.5 Å². The van der Waals surface area contributed by atoms with Crippen LogP contribution < -0.4 is 5.32 Å². The Bertz CT molecular complexity index is 189. The summed E-state index contributed by atoms with van der Waals surface area (Å²) in [5, 5.41) is 3.49. The molecule has 0 aromatic rings. The molecule has 1 aliphatic heterocycles. The van der Waals surface area contributed by atoms with Gasteiger partial charge in [-0.2, -0.15) is 0 Å². The summed E-state index contributed by atoms with van der Waals surface area (Å²) in [6, 6.07) is 1.37. The first-order chi connectivity index (χ1) is 6.94. The molecule has 1 fully saturated rings. The highest BCUT2D eigenvalue weighted by molar-refractivity contribution is 4.86. The highest BCUT2D eigenvalue weighted by atomic mass is 15.2. The van der Waals surface area contributed by atoms with Crippen LogP contribution in [0.25, 0.3) is 0 Å². The molecule has 1 rings (SSSR count). The van der Waals surface area contributed by atoms with Crippen molar-refractivity contribution in [3.05, 3.63) is 0 Å². The summed E-state index contributed by atoms with van der Waals surface area (Å²) in [6.45, 7) is 15.2. The number of hydrogen-bond donors (Lipinski definition) is 1. The van der Waals surface area contributed by atoms with Crippen molar-refractivity contribution in [1.29, 1.82) is 0 Å². The molecule has 2 heteroatoms. The monoisotopic (exact) mass is 212 g/mol. The first-order valence-corrected chi connectivity index (χ1v) is 6.42. The van der Waals surface area contributed by atoms with Crippen molar-refractivity contribution < 1.29 is 0 Å². The molecule has 90 valence electrons. The zero-order valence-corrected chi connectivity index (χ0v) is 11.1. The Morgan fingerprint density at radius 1 is 1.33 bits per heavy atom. The molecule has 2 atom stereocenters. The molecule has 1 aliphatic rings. The maximum atomic E-state index is 3.49. The Hall–Kier alpha value is -0.0800. The quantitative estimate of drug-likeness (QED) is 0.753. The number of hydrogen-bond acceptors (Lipinski definition) is 2. The number of nitrogens with zero attached hydrogens (tertiary/aromatic N) is 1. The van der Waals surface area contributed by atoms with Crippen molar-refractivity contribution >= 4 is 0 Å². The minimum atomic E-state index is 0.537. The van der Waals surface area contributed by atoms with Crippen LogP contribution >= 0.6 is 0 Å². The molecule has 0 spiro atoms. The fraction of sp³-hybridized carbons (Fsp3) is 1.00. The van der Waals surface area contributed by atoms with Crippen LogP contribution in [0, 0.1) is 5.41 Å². The van der Waals surface area contributed by atoms with Crippen LogP contribution in [0.15, 0.2) is 0 Å². The summed E-state index contributed by atoms with van der Waals surface area (Å²) in [5.74, 6) is 0. The molecule has 2 unspecified atom stereocenters. The summed E-state index contributed by atoms with van der Waals surface area (Å²) in [5.41, 5.74) is 0.537. The standard InChI is InChI=1S/C13H28N2/c1-6-14-11(2)9-12(3)15-8-7-13(4,5)10-15/h11-12,14H,6-10H2,1-5H3. The van der Waals surface area contributed by atoms with E-state index in [0.717, 1.165) is 12.6 Å². The van der Waals surface area contributed by atoms with Crippen molar-refractivity contribution in [3.63, 3.8) is 0 Å². The van der Waals surface area contributed by atoms with Crippen molar-refractivity contribution in [2.24, 2.45) is 5.41 Å². The Morgan fingerprint density at radius 2 is 2.00 bits per heavy atom. The molecule has 1 N–H and O–H groups in total. The molecular weight excluding hydrogens is 184 g/mol. The molecule has 1 saturated heterocycles. The summed E-state index contributed by atoms with van der Waals surface area (Å²) >= 11 is 0. The molecule has 0 bridgehead atoms. The normalized spacial score (nSPS) is 25.4. The Kier molecular flexibility index (Phi) is 4.60. The molecule has 0 aromatic carbocycles. The predicted molar refractivity (Wildman–Crippen MR) is 67.2 cm³/mol. The second-order valence-electron chi connectivity index (χ2n) is 5.93. The summed E-state index contributed by atoms with van der Waals surface area (Å²) < 4.78 is 0. The summed E-state index contributed by atoms with van der Waals surface area (Å²) in [4.78, 5) is 2.65. The van der Waals surface area contributed by atoms with Gasteiger partial charge in [0.25, 0.3) is 0 Å². The maximum Gasteiger partial charge on any atom is 0.00818 e. The van der Waals surface area contributed by atoms with Crippen molar-refractivity contribution in [2.45, 2.75) is 59.5 Å². The van der Waals surface area contributed by atoms with Crippen LogP contribution in [-0.2, 0) is 0 Å². The second-order valence-corrected chi connectivity index (χ2v) is 5.93. The predicted octanol–water partition coefficient (Wildman–Crippen LogP) is 2.49. The van der Waals surface area contributed by atoms with E-state index >= 15 is 0 Å². The van der Waals surface area contributed by atoms with Gasteiger partial charge in [0.1, 0.15) is 0 Å². The lowest BCUT2D eigenvalue weighted by Gasteiger charge is -2.28. The Morgan fingerprint density at radius 3 is 2.47 bits per heavy atom. The summed E-state index contributed by atoms with van der Waals surface area (Å²) in [6.07, 6.45) is 2.62. The number of nitrogens with one attached hydrogen (secondary N) is 1. The molecular formula is C13H28N2. The lowest BCUT2D eigenvalue weighted by molar-refractivity contribution is 0.208. The number of rotatable bonds is 5. The van der Waals surface area contributed by atoms with E-state index in [9.17, 15) is 0 Å². The molecule has 0 amide bonds. The Balaban J connectivity index is 2.32. The first-order valence-electron chi connectivity index (χ1n) is 6.42. The van der Waals surface area contributed by atoms with E-state index in [2.05, 4.69) is 44.8 Å². The van der Waals surface area contributed by atoms with E-state index in [1.165, 1.54) is 25.9 Å². The first kappa shape index (κ1) is 13.0. The van der Waals surface area contributed by atoms with Crippen molar-refractivity contribution in [3.8, 4) is 0 Å². The van der Waals surface area contributed by atoms with Crippen LogP contribution in [0.4, 0.5) is 0 Å². The van der Waals surface area contributed by atoms with Gasteiger partial charge in [-0.25, -0.2) is 0 Å². The molecule has 0 aromatic heterocycles. The van der Waals surface area contributed by atoms with Gasteiger partial charge in [0.05, 0.1) is 0 Å². The average molecular weight is 212 g/mol. The lowest BCUT2D eigenvalue weighted by Crippen LogP contribution is -2.38. The fourth-order valence-electron chi connectivity index (χ4n) is 2.62. The smallest absolute Gasteiger partial charge is 0.00818 e. The van der Waals surface area contributed by atoms with Gasteiger partial charge in [-0.05, 0) is 45.2 Å². The number of likely N-dealkylation sites (tertiary alicyclic amines) is 1. The summed E-state index contributed by atoms with van der Waals surface area (Å²) in [7, 11) is 0. The van der Waals surface area contributed by atoms with Crippen LogP contribution in [0.2, 0.25) is 0 Å². The van der Waals surface area contributed by atoms with Crippen molar-refractivity contribution in [2.75, 3.05) is 19.6 Å². The van der Waals surface area contributed by atoms with Crippen LogP contribution in [-0.4, -0.2) is 36.6 Å². The molecule has 0 saturated carbocycles. The zero-order valence-electron chi connectivity index (χ0n) is 11.1. The minimum Gasteiger partial charge on any atom is -0.314 e. The third-order valence-electron chi connectivity index (χ3n) is 3.58. The topological polar surface area (TPSA) is 15.3 Å². The van der Waals surface area contributed by atoms with E-state index in [4.69, 9.17) is 0 Å². The van der Waals surface area contributed by atoms with Gasteiger partial charge in [-0.3, -0.25) is 0 Å². The van der Waals surface area contributed by atoms with Gasteiger partial charge in [0.15, 0.2) is 0 Å². The molecule has 0 radical (unpaired) electrons. The van der Waals surface area contributed by atoms with E-state index in [0.29, 0.717) is 11.5 Å². The van der Waals surface area contributed by atoms with Crippen LogP contribution in [0.3, 0.4) is 0 Å². The molecule has 1 heterocycles. The van der Waals surface area contributed by atoms with Crippen molar-refractivity contribution in [1.82, 2.24) is 10.2 Å². The average Bonchev–Trinajstić information content (AvgIpc) is 2.46. The fourth-order valence-corrected chi connectivity index (χ4v) is 2.62. The third kappa shape index (κ3) is 4.12. The largest absolute Gasteiger partial charge is 0.314 e. The molecule has 2 nitrogen and oxygen atoms in total. The third-order valence-corrected chi connectivity index (χ3v) is 3.58. The SMILES string of the molecule is CCNC(C)CC(C)N1CCC(C)(C)C1. The van der Waals surface area contributed by atoms with Gasteiger partial charge < -0.3 is 10.2 Å². The lowest BCUT2D eigenvalue weighted by atomic mass is 9.93. The van der Waals surface area contributed by atoms with E-state index in [1.807, 2.05) is 0 Å². The maximum absolute atomic E-state index is 3.49. The van der Waals surface area contributed by atoms with E-state index < -0.39 is 0 Å². The van der Waals surface area contributed by atoms with Gasteiger partial charge in [-0.1, -0.05) is 20.8 Å². The zero-order chi connectivity index (χ0) is 11.5. The molecule has 15 heavy (non-hydrogen) atoms. The highest BCUT2D eigenvalue weighted by Gasteiger charge is 2.31. The van der Waals surface area contributed by atoms with Gasteiger partial charge >= 0.3 is 0 Å². The van der Waals surface area contributed by atoms with Gasteiger partial charge in [0.2, 0.25) is 0 Å².